The summed E-state index contributed by atoms with van der Waals surface area (Å²) in [5.74, 6) is 0. The van der Waals surface area contributed by atoms with Gasteiger partial charge in [-0.2, -0.15) is 0 Å². The molecule has 0 heterocycles. The molecule has 1 atom stereocenters. The zero-order chi connectivity index (χ0) is 11.5. The van der Waals surface area contributed by atoms with Crippen LogP contribution in [-0.4, -0.2) is 17.3 Å². The minimum atomic E-state index is -0.279. The fourth-order valence-electron chi connectivity index (χ4n) is 1.35. The van der Waals surface area contributed by atoms with Crippen LogP contribution in [0.5, 0.6) is 0 Å². The van der Waals surface area contributed by atoms with Crippen molar-refractivity contribution in [1.29, 1.82) is 0 Å². The van der Waals surface area contributed by atoms with Crippen molar-refractivity contribution in [3.63, 3.8) is 0 Å². The van der Waals surface area contributed by atoms with Gasteiger partial charge in [-0.3, -0.25) is 0 Å². The van der Waals surface area contributed by atoms with E-state index in [0.29, 0.717) is 0 Å². The lowest BCUT2D eigenvalue weighted by molar-refractivity contribution is 0.219. The number of nitrogen functional groups attached to an aromatic ring is 1. The van der Waals surface area contributed by atoms with Gasteiger partial charge in [0.15, 0.2) is 0 Å². The molecular formula is C12H20N2O. The van der Waals surface area contributed by atoms with Crippen molar-refractivity contribution < 1.29 is 5.11 Å². The number of anilines is 2. The van der Waals surface area contributed by atoms with Crippen molar-refractivity contribution in [1.82, 2.24) is 0 Å². The van der Waals surface area contributed by atoms with Crippen molar-refractivity contribution in [2.45, 2.75) is 32.7 Å². The lowest BCUT2D eigenvalue weighted by atomic mass is 9.99. The number of benzene rings is 1. The summed E-state index contributed by atoms with van der Waals surface area (Å²) in [6, 6.07) is 5.77. The highest BCUT2D eigenvalue weighted by molar-refractivity contribution is 5.63. The van der Waals surface area contributed by atoms with Crippen LogP contribution in [0.3, 0.4) is 0 Å². The Morgan fingerprint density at radius 1 is 1.47 bits per heavy atom. The van der Waals surface area contributed by atoms with Crippen LogP contribution in [0.4, 0.5) is 11.4 Å². The van der Waals surface area contributed by atoms with E-state index in [-0.39, 0.29) is 12.1 Å². The molecular weight excluding hydrogens is 188 g/mol. The first-order valence-corrected chi connectivity index (χ1v) is 5.26. The fourth-order valence-corrected chi connectivity index (χ4v) is 1.35. The van der Waals surface area contributed by atoms with Gasteiger partial charge >= 0.3 is 0 Å². The Hall–Kier alpha value is -1.22. The van der Waals surface area contributed by atoms with Gasteiger partial charge in [0, 0.05) is 11.4 Å². The summed E-state index contributed by atoms with van der Waals surface area (Å²) >= 11 is 0. The van der Waals surface area contributed by atoms with E-state index >= 15 is 0 Å². The molecule has 4 N–H and O–H groups in total. The lowest BCUT2D eigenvalue weighted by Gasteiger charge is -2.29. The number of rotatable bonds is 4. The second-order valence-electron chi connectivity index (χ2n) is 4.22. The molecule has 0 amide bonds. The predicted molar refractivity (Wildman–Crippen MR) is 65.0 cm³/mol. The number of hydrogen-bond donors (Lipinski definition) is 3. The third-order valence-electron chi connectivity index (χ3n) is 2.94. The Balaban J connectivity index is 2.94. The predicted octanol–water partition coefficient (Wildman–Crippen LogP) is 2.15. The minimum Gasteiger partial charge on any atom is -0.398 e. The smallest absolute Gasteiger partial charge is 0.0658 e. The maximum atomic E-state index is 9.31. The number of aliphatic hydroxyl groups is 1. The summed E-state index contributed by atoms with van der Waals surface area (Å²) in [5.41, 5.74) is 8.34. The maximum Gasteiger partial charge on any atom is 0.0658 e. The van der Waals surface area contributed by atoms with Crippen LogP contribution in [0.1, 0.15) is 25.8 Å². The summed E-state index contributed by atoms with van der Waals surface area (Å²) in [5, 5.41) is 12.6. The first kappa shape index (κ1) is 11.9. The zero-order valence-corrected chi connectivity index (χ0v) is 9.67. The van der Waals surface area contributed by atoms with E-state index in [1.807, 2.05) is 39.0 Å². The van der Waals surface area contributed by atoms with E-state index in [0.717, 1.165) is 23.4 Å². The molecule has 84 valence electrons. The third kappa shape index (κ3) is 2.63. The SMILES string of the molecule is CCC(C)(CO)Nc1cccc(N)c1C. The Morgan fingerprint density at radius 3 is 2.67 bits per heavy atom. The highest BCUT2D eigenvalue weighted by Gasteiger charge is 2.21. The van der Waals surface area contributed by atoms with Gasteiger partial charge < -0.3 is 16.2 Å². The van der Waals surface area contributed by atoms with Gasteiger partial charge in [0.25, 0.3) is 0 Å². The third-order valence-corrected chi connectivity index (χ3v) is 2.94. The first-order valence-electron chi connectivity index (χ1n) is 5.26. The minimum absolute atomic E-state index is 0.109. The zero-order valence-electron chi connectivity index (χ0n) is 9.67. The van der Waals surface area contributed by atoms with E-state index in [1.165, 1.54) is 0 Å². The summed E-state index contributed by atoms with van der Waals surface area (Å²) in [4.78, 5) is 0. The van der Waals surface area contributed by atoms with Crippen LogP contribution in [0.2, 0.25) is 0 Å². The molecule has 0 aromatic heterocycles. The van der Waals surface area contributed by atoms with Crippen molar-refractivity contribution in [2.75, 3.05) is 17.7 Å². The molecule has 15 heavy (non-hydrogen) atoms. The van der Waals surface area contributed by atoms with E-state index in [2.05, 4.69) is 5.32 Å². The molecule has 1 unspecified atom stereocenters. The Labute approximate surface area is 91.3 Å². The van der Waals surface area contributed by atoms with Crippen molar-refractivity contribution >= 4 is 11.4 Å². The Bertz CT molecular complexity index is 332. The standard InChI is InChI=1S/C12H20N2O/c1-4-12(3,8-15)14-11-7-5-6-10(13)9(11)2/h5-7,14-15H,4,8,13H2,1-3H3. The number of nitrogens with one attached hydrogen (secondary N) is 1. The van der Waals surface area contributed by atoms with Crippen molar-refractivity contribution in [3.8, 4) is 0 Å². The van der Waals surface area contributed by atoms with Crippen LogP contribution in [-0.2, 0) is 0 Å². The van der Waals surface area contributed by atoms with Crippen LogP contribution < -0.4 is 11.1 Å². The molecule has 0 radical (unpaired) electrons. The fraction of sp³-hybridized carbons (Fsp3) is 0.500. The molecule has 3 heteroatoms. The molecule has 1 aromatic carbocycles. The average Bonchev–Trinajstić information content (AvgIpc) is 2.25. The van der Waals surface area contributed by atoms with Crippen LogP contribution in [0.25, 0.3) is 0 Å². The molecule has 0 fully saturated rings. The Morgan fingerprint density at radius 2 is 2.13 bits per heavy atom. The summed E-state index contributed by atoms with van der Waals surface area (Å²) in [6.45, 7) is 6.13. The second-order valence-corrected chi connectivity index (χ2v) is 4.22. The molecule has 0 saturated heterocycles. The summed E-state index contributed by atoms with van der Waals surface area (Å²) < 4.78 is 0. The van der Waals surface area contributed by atoms with Crippen molar-refractivity contribution in [2.24, 2.45) is 0 Å². The second kappa shape index (κ2) is 4.53. The number of nitrogens with two attached hydrogens (primary N) is 1. The topological polar surface area (TPSA) is 58.3 Å². The molecule has 0 saturated carbocycles. The molecule has 1 rings (SSSR count). The highest BCUT2D eigenvalue weighted by Crippen LogP contribution is 2.25. The van der Waals surface area contributed by atoms with Gasteiger partial charge in [-0.15, -0.1) is 0 Å². The van der Waals surface area contributed by atoms with E-state index < -0.39 is 0 Å². The highest BCUT2D eigenvalue weighted by atomic mass is 16.3. The molecule has 1 aromatic rings. The van der Waals surface area contributed by atoms with Gasteiger partial charge in [-0.05, 0) is 38.0 Å². The van der Waals surface area contributed by atoms with Gasteiger partial charge in [-0.25, -0.2) is 0 Å². The molecule has 0 aliphatic carbocycles. The molecule has 0 aliphatic rings. The monoisotopic (exact) mass is 208 g/mol. The van der Waals surface area contributed by atoms with E-state index in [9.17, 15) is 5.11 Å². The van der Waals surface area contributed by atoms with Crippen LogP contribution >= 0.6 is 0 Å². The first-order chi connectivity index (χ1) is 7.02. The largest absolute Gasteiger partial charge is 0.398 e. The summed E-state index contributed by atoms with van der Waals surface area (Å²) in [7, 11) is 0. The van der Waals surface area contributed by atoms with E-state index in [1.54, 1.807) is 0 Å². The van der Waals surface area contributed by atoms with Gasteiger partial charge in [0.1, 0.15) is 0 Å². The van der Waals surface area contributed by atoms with Crippen molar-refractivity contribution in [3.05, 3.63) is 23.8 Å². The maximum absolute atomic E-state index is 9.31. The van der Waals surface area contributed by atoms with Gasteiger partial charge in [0.05, 0.1) is 12.1 Å². The van der Waals surface area contributed by atoms with Gasteiger partial charge in [0.2, 0.25) is 0 Å². The van der Waals surface area contributed by atoms with Crippen LogP contribution in [0.15, 0.2) is 18.2 Å². The quantitative estimate of drug-likeness (QED) is 0.664. The molecule has 0 spiro atoms. The number of hydrogen-bond acceptors (Lipinski definition) is 3. The van der Waals surface area contributed by atoms with Gasteiger partial charge in [-0.1, -0.05) is 13.0 Å². The number of aliphatic hydroxyl groups excluding tert-OH is 1. The lowest BCUT2D eigenvalue weighted by Crippen LogP contribution is -2.38. The average molecular weight is 208 g/mol. The molecule has 0 bridgehead atoms. The molecule has 0 aliphatic heterocycles. The van der Waals surface area contributed by atoms with E-state index in [4.69, 9.17) is 5.73 Å². The Kier molecular flexibility index (Phi) is 3.58. The normalized spacial score (nSPS) is 14.7. The molecule has 3 nitrogen and oxygen atoms in total. The van der Waals surface area contributed by atoms with Crippen LogP contribution in [0, 0.1) is 6.92 Å². The summed E-state index contributed by atoms with van der Waals surface area (Å²) in [6.07, 6.45) is 0.859.